The van der Waals surface area contributed by atoms with E-state index in [0.717, 1.165) is 25.7 Å². The molecule has 0 radical (unpaired) electrons. The van der Waals surface area contributed by atoms with Gasteiger partial charge in [-0.3, -0.25) is 0 Å². The molecule has 3 aromatic carbocycles. The summed E-state index contributed by atoms with van der Waals surface area (Å²) in [5, 5.41) is 0. The fourth-order valence-electron chi connectivity index (χ4n) is 5.79. The van der Waals surface area contributed by atoms with Crippen LogP contribution in [0.2, 0.25) is 0 Å². The van der Waals surface area contributed by atoms with E-state index in [2.05, 4.69) is 11.7 Å². The Morgan fingerprint density at radius 3 is 1.83 bits per heavy atom. The van der Waals surface area contributed by atoms with E-state index in [9.17, 15) is 39.5 Å². The molecule has 2 nitrogen and oxygen atoms in total. The van der Waals surface area contributed by atoms with Crippen LogP contribution in [0.5, 0.6) is 11.5 Å². The quantitative estimate of drug-likeness (QED) is 0.270. The van der Waals surface area contributed by atoms with Crippen LogP contribution in [-0.2, 0) is 18.7 Å². The van der Waals surface area contributed by atoms with E-state index in [0.29, 0.717) is 48.3 Å². The maximum atomic E-state index is 15.1. The van der Waals surface area contributed by atoms with Crippen LogP contribution in [0.1, 0.15) is 49.3 Å². The summed E-state index contributed by atoms with van der Waals surface area (Å²) >= 11 is 0. The summed E-state index contributed by atoms with van der Waals surface area (Å²) in [5.74, 6) is -9.05. The highest BCUT2D eigenvalue weighted by Gasteiger charge is 2.43. The topological polar surface area (TPSA) is 18.5 Å². The minimum atomic E-state index is -5.48. The Kier molecular flexibility index (Phi) is 7.86. The third kappa shape index (κ3) is 5.89. The Morgan fingerprint density at radius 2 is 1.26 bits per heavy atom. The molecule has 0 unspecified atom stereocenters. The summed E-state index contributed by atoms with van der Waals surface area (Å²) in [6, 6.07) is 2.89. The van der Waals surface area contributed by atoms with Gasteiger partial charge >= 0.3 is 12.3 Å². The van der Waals surface area contributed by atoms with Crippen LogP contribution in [0.25, 0.3) is 11.1 Å². The predicted octanol–water partition coefficient (Wildman–Crippen LogP) is 9.57. The van der Waals surface area contributed by atoms with Crippen LogP contribution in [-0.4, -0.2) is 6.61 Å². The van der Waals surface area contributed by atoms with Gasteiger partial charge in [-0.2, -0.15) is 22.0 Å². The maximum Gasteiger partial charge on any atom is 0.432 e. The van der Waals surface area contributed by atoms with Crippen molar-refractivity contribution in [3.05, 3.63) is 82.2 Å². The van der Waals surface area contributed by atoms with Crippen molar-refractivity contribution < 1.29 is 53.4 Å². The average molecular weight is 606 g/mol. The van der Waals surface area contributed by atoms with E-state index < -0.39 is 63.8 Å². The molecule has 1 atom stereocenters. The molecule has 0 aromatic heterocycles. The zero-order valence-corrected chi connectivity index (χ0v) is 22.0. The largest absolute Gasteiger partial charge is 0.493 e. The first kappa shape index (κ1) is 30.0. The van der Waals surface area contributed by atoms with E-state index >= 15 is 4.39 Å². The highest BCUT2D eigenvalue weighted by Crippen LogP contribution is 2.43. The minimum absolute atomic E-state index is 0.189. The molecule has 12 heteroatoms. The lowest BCUT2D eigenvalue weighted by Crippen LogP contribution is -2.30. The van der Waals surface area contributed by atoms with Crippen LogP contribution < -0.4 is 9.47 Å². The summed E-state index contributed by atoms with van der Waals surface area (Å²) in [6.07, 6.45) is -5.53. The van der Waals surface area contributed by atoms with E-state index in [1.807, 2.05) is 0 Å². The van der Waals surface area contributed by atoms with Crippen molar-refractivity contribution in [2.45, 2.75) is 51.3 Å². The molecule has 1 saturated carbocycles. The van der Waals surface area contributed by atoms with Crippen LogP contribution in [0.15, 0.2) is 36.4 Å². The number of alkyl halides is 5. The van der Waals surface area contributed by atoms with Gasteiger partial charge in [-0.25, -0.2) is 22.0 Å². The second-order valence-electron chi connectivity index (χ2n) is 10.9. The molecule has 0 N–H and O–H groups in total. The zero-order valence-electron chi connectivity index (χ0n) is 22.0. The molecule has 226 valence electrons. The van der Waals surface area contributed by atoms with E-state index in [4.69, 9.17) is 4.74 Å². The normalized spacial score (nSPS) is 21.1. The van der Waals surface area contributed by atoms with Crippen molar-refractivity contribution in [2.75, 3.05) is 6.61 Å². The molecule has 1 heterocycles. The molecular weight excluding hydrogens is 582 g/mol. The van der Waals surface area contributed by atoms with E-state index in [-0.39, 0.29) is 23.6 Å². The fraction of sp³-hybridized carbons (Fsp3) is 0.400. The maximum absolute atomic E-state index is 15.1. The van der Waals surface area contributed by atoms with Gasteiger partial charge in [0, 0.05) is 17.7 Å². The molecule has 1 aliphatic heterocycles. The number of hydrogen-bond acceptors (Lipinski definition) is 2. The fourth-order valence-corrected chi connectivity index (χ4v) is 5.79. The summed E-state index contributed by atoms with van der Waals surface area (Å²) < 4.78 is 150. The highest BCUT2D eigenvalue weighted by molar-refractivity contribution is 5.68. The summed E-state index contributed by atoms with van der Waals surface area (Å²) in [4.78, 5) is 0. The summed E-state index contributed by atoms with van der Waals surface area (Å²) in [7, 11) is 0. The lowest BCUT2D eigenvalue weighted by Gasteiger charge is -2.35. The molecular formula is C30H24F10O2. The molecule has 2 aliphatic rings. The molecule has 0 amide bonds. The minimum Gasteiger partial charge on any atom is -0.493 e. The molecule has 0 saturated heterocycles. The first-order valence-corrected chi connectivity index (χ1v) is 13.2. The zero-order chi connectivity index (χ0) is 30.6. The number of rotatable bonds is 5. The van der Waals surface area contributed by atoms with Gasteiger partial charge < -0.3 is 9.47 Å². The monoisotopic (exact) mass is 606 g/mol. The van der Waals surface area contributed by atoms with Crippen molar-refractivity contribution in [2.24, 2.45) is 17.8 Å². The van der Waals surface area contributed by atoms with Gasteiger partial charge in [0.15, 0.2) is 0 Å². The Hall–Kier alpha value is -3.44. The number of ether oxygens (including phenoxy) is 2. The van der Waals surface area contributed by atoms with Crippen molar-refractivity contribution in [1.29, 1.82) is 0 Å². The van der Waals surface area contributed by atoms with Crippen molar-refractivity contribution in [1.82, 2.24) is 0 Å². The molecule has 0 spiro atoms. The van der Waals surface area contributed by atoms with Crippen LogP contribution >= 0.6 is 0 Å². The lowest BCUT2D eigenvalue weighted by molar-refractivity contribution is -0.189. The van der Waals surface area contributed by atoms with Crippen molar-refractivity contribution in [3.8, 4) is 22.6 Å². The van der Waals surface area contributed by atoms with Crippen LogP contribution in [0.4, 0.5) is 43.9 Å². The number of hydrogen-bond donors (Lipinski definition) is 0. The first-order valence-electron chi connectivity index (χ1n) is 13.2. The Morgan fingerprint density at radius 1 is 0.690 bits per heavy atom. The van der Waals surface area contributed by atoms with Crippen LogP contribution in [0, 0.1) is 46.8 Å². The Bertz CT molecular complexity index is 1450. The second-order valence-corrected chi connectivity index (χ2v) is 10.9. The molecule has 1 fully saturated rings. The smallest absolute Gasteiger partial charge is 0.432 e. The standard InChI is InChI=1S/C30H24F10O2/c1-14-2-4-15(5-3-14)18-6-17-9-21(31)20(12-26(17)41-13-18)16-7-22(32)28(23(33)8-16)30(39,40)42-19-10-24(34)27(25(35)11-19)29(36,37)38/h7-12,14-15,18H,2-6,13H2,1H3/t14?,15?,18-/m0/s1. The average Bonchev–Trinajstić information content (AvgIpc) is 2.86. The number of halogens is 10. The van der Waals surface area contributed by atoms with Gasteiger partial charge in [-0.1, -0.05) is 19.8 Å². The molecule has 0 bridgehead atoms. The van der Waals surface area contributed by atoms with Gasteiger partial charge in [0.2, 0.25) is 0 Å². The number of fused-ring (bicyclic) bond motifs is 1. The van der Waals surface area contributed by atoms with Crippen molar-refractivity contribution in [3.63, 3.8) is 0 Å². The van der Waals surface area contributed by atoms with E-state index in [1.54, 1.807) is 0 Å². The molecule has 42 heavy (non-hydrogen) atoms. The number of benzene rings is 3. The summed E-state index contributed by atoms with van der Waals surface area (Å²) in [6.45, 7) is 2.58. The van der Waals surface area contributed by atoms with Gasteiger partial charge in [0.05, 0.1) is 6.61 Å². The summed E-state index contributed by atoms with van der Waals surface area (Å²) in [5.41, 5.74) is -4.52. The highest BCUT2D eigenvalue weighted by atomic mass is 19.4. The van der Waals surface area contributed by atoms with E-state index in [1.165, 1.54) is 12.1 Å². The van der Waals surface area contributed by atoms with Crippen LogP contribution in [0.3, 0.4) is 0 Å². The second kappa shape index (κ2) is 11.0. The van der Waals surface area contributed by atoms with Gasteiger partial charge in [-0.05, 0) is 72.4 Å². The van der Waals surface area contributed by atoms with Crippen molar-refractivity contribution >= 4 is 0 Å². The molecule has 3 aromatic rings. The Balaban J connectivity index is 1.39. The SMILES string of the molecule is CC1CCC([C@@H]2COc3cc(-c4cc(F)c(C(F)(F)Oc5cc(F)c(C(F)(F)F)c(F)c5)c(F)c4)c(F)cc3C2)CC1. The first-order chi connectivity index (χ1) is 19.6. The van der Waals surface area contributed by atoms with Gasteiger partial charge in [0.1, 0.15) is 51.7 Å². The molecule has 5 rings (SSSR count). The van der Waals surface area contributed by atoms with Gasteiger partial charge in [-0.15, -0.1) is 0 Å². The third-order valence-corrected chi connectivity index (χ3v) is 8.00. The molecule has 1 aliphatic carbocycles. The van der Waals surface area contributed by atoms with Gasteiger partial charge in [0.25, 0.3) is 0 Å². The lowest BCUT2D eigenvalue weighted by atomic mass is 9.74. The predicted molar refractivity (Wildman–Crippen MR) is 131 cm³/mol. The Labute approximate surface area is 234 Å². The third-order valence-electron chi connectivity index (χ3n) is 8.00.